The van der Waals surface area contributed by atoms with Crippen LogP contribution in [0.15, 0.2) is 18.2 Å². The molecule has 0 saturated heterocycles. The number of rotatable bonds is 6. The van der Waals surface area contributed by atoms with Gasteiger partial charge < -0.3 is 10.2 Å². The van der Waals surface area contributed by atoms with Crippen molar-refractivity contribution in [2.24, 2.45) is 0 Å². The number of anilines is 1. The quantitative estimate of drug-likeness (QED) is 0.848. The van der Waals surface area contributed by atoms with Gasteiger partial charge in [-0.25, -0.2) is 0 Å². The fourth-order valence-electron chi connectivity index (χ4n) is 2.15. The van der Waals surface area contributed by atoms with Gasteiger partial charge in [-0.15, -0.1) is 0 Å². The molecule has 0 aliphatic carbocycles. The summed E-state index contributed by atoms with van der Waals surface area (Å²) >= 11 is 0. The van der Waals surface area contributed by atoms with Gasteiger partial charge in [-0.2, -0.15) is 0 Å². The van der Waals surface area contributed by atoms with Gasteiger partial charge in [0.25, 0.3) is 5.91 Å². The van der Waals surface area contributed by atoms with Crippen LogP contribution >= 0.6 is 0 Å². The molecule has 0 radical (unpaired) electrons. The molecule has 106 valence electrons. The Balaban J connectivity index is 3.08. The Bertz CT molecular complexity index is 427. The van der Waals surface area contributed by atoms with Crippen molar-refractivity contribution in [2.75, 3.05) is 18.4 Å². The average Bonchev–Trinajstić information content (AvgIpc) is 2.37. The summed E-state index contributed by atoms with van der Waals surface area (Å²) < 4.78 is 0. The first kappa shape index (κ1) is 15.5. The third kappa shape index (κ3) is 3.98. The van der Waals surface area contributed by atoms with Crippen molar-refractivity contribution >= 4 is 11.6 Å². The smallest absolute Gasteiger partial charge is 0.256 e. The van der Waals surface area contributed by atoms with Crippen LogP contribution in [0.2, 0.25) is 0 Å². The Hall–Kier alpha value is -1.51. The monoisotopic (exact) mass is 262 g/mol. The summed E-state index contributed by atoms with van der Waals surface area (Å²) in [6.45, 7) is 11.9. The molecule has 0 spiro atoms. The lowest BCUT2D eigenvalue weighted by atomic mass is 10.1. The van der Waals surface area contributed by atoms with E-state index in [9.17, 15) is 4.79 Å². The maximum atomic E-state index is 12.6. The average molecular weight is 262 g/mol. The molecule has 0 aliphatic rings. The highest BCUT2D eigenvalue weighted by molar-refractivity contribution is 6.00. The van der Waals surface area contributed by atoms with Gasteiger partial charge in [0.1, 0.15) is 0 Å². The maximum Gasteiger partial charge on any atom is 0.256 e. The van der Waals surface area contributed by atoms with Crippen LogP contribution in [-0.2, 0) is 0 Å². The Morgan fingerprint density at radius 1 is 1.32 bits per heavy atom. The molecule has 3 heteroatoms. The molecular weight excluding hydrogens is 236 g/mol. The molecular formula is C16H26N2O. The van der Waals surface area contributed by atoms with Gasteiger partial charge in [-0.3, -0.25) is 4.79 Å². The molecule has 0 aromatic heterocycles. The highest BCUT2D eigenvalue weighted by Gasteiger charge is 2.19. The zero-order valence-electron chi connectivity index (χ0n) is 12.8. The fourth-order valence-corrected chi connectivity index (χ4v) is 2.15. The molecule has 1 amide bonds. The van der Waals surface area contributed by atoms with Crippen molar-refractivity contribution in [2.45, 2.75) is 47.1 Å². The highest BCUT2D eigenvalue weighted by Crippen LogP contribution is 2.20. The van der Waals surface area contributed by atoms with Crippen LogP contribution in [-0.4, -0.2) is 29.9 Å². The van der Waals surface area contributed by atoms with Crippen molar-refractivity contribution < 1.29 is 4.79 Å². The van der Waals surface area contributed by atoms with Crippen LogP contribution in [0.25, 0.3) is 0 Å². The third-order valence-electron chi connectivity index (χ3n) is 3.20. The van der Waals surface area contributed by atoms with E-state index in [1.165, 1.54) is 0 Å². The summed E-state index contributed by atoms with van der Waals surface area (Å²) in [4.78, 5) is 14.5. The fraction of sp³-hybridized carbons (Fsp3) is 0.562. The molecule has 0 fully saturated rings. The van der Waals surface area contributed by atoms with E-state index in [0.29, 0.717) is 0 Å². The lowest BCUT2D eigenvalue weighted by Gasteiger charge is -2.26. The SMILES string of the molecule is CCCNc1ccc(C)cc1C(=O)N(CC)C(C)C. The normalized spacial score (nSPS) is 10.6. The van der Waals surface area contributed by atoms with Crippen LogP contribution in [0.5, 0.6) is 0 Å². The second kappa shape index (κ2) is 7.17. The number of amides is 1. The number of nitrogens with zero attached hydrogens (tertiary/aromatic N) is 1. The van der Waals surface area contributed by atoms with Gasteiger partial charge >= 0.3 is 0 Å². The van der Waals surface area contributed by atoms with Crippen LogP contribution in [0, 0.1) is 6.92 Å². The van der Waals surface area contributed by atoms with Crippen molar-refractivity contribution in [3.8, 4) is 0 Å². The van der Waals surface area contributed by atoms with E-state index in [2.05, 4.69) is 26.1 Å². The topological polar surface area (TPSA) is 32.3 Å². The van der Waals surface area contributed by atoms with Crippen LogP contribution in [0.3, 0.4) is 0 Å². The first-order chi connectivity index (χ1) is 9.01. The van der Waals surface area contributed by atoms with E-state index < -0.39 is 0 Å². The summed E-state index contributed by atoms with van der Waals surface area (Å²) in [6.07, 6.45) is 1.04. The Labute approximate surface area is 117 Å². The van der Waals surface area contributed by atoms with Gasteiger partial charge in [0.05, 0.1) is 5.56 Å². The first-order valence-corrected chi connectivity index (χ1v) is 7.16. The molecule has 0 atom stereocenters. The van der Waals surface area contributed by atoms with E-state index in [1.807, 2.05) is 36.9 Å². The molecule has 1 aromatic rings. The maximum absolute atomic E-state index is 12.6. The molecule has 1 aromatic carbocycles. The molecule has 0 saturated carbocycles. The van der Waals surface area contributed by atoms with E-state index in [0.717, 1.165) is 36.3 Å². The van der Waals surface area contributed by atoms with Gasteiger partial charge in [0.15, 0.2) is 0 Å². The van der Waals surface area contributed by atoms with Crippen molar-refractivity contribution in [3.63, 3.8) is 0 Å². The largest absolute Gasteiger partial charge is 0.384 e. The number of hydrogen-bond acceptors (Lipinski definition) is 2. The van der Waals surface area contributed by atoms with Crippen molar-refractivity contribution in [3.05, 3.63) is 29.3 Å². The molecule has 19 heavy (non-hydrogen) atoms. The minimum Gasteiger partial charge on any atom is -0.384 e. The molecule has 1 N–H and O–H groups in total. The number of benzene rings is 1. The molecule has 0 aliphatic heterocycles. The second-order valence-electron chi connectivity index (χ2n) is 5.16. The number of carbonyl (C=O) groups is 1. The third-order valence-corrected chi connectivity index (χ3v) is 3.20. The van der Waals surface area contributed by atoms with E-state index in [4.69, 9.17) is 0 Å². The number of carbonyl (C=O) groups excluding carboxylic acids is 1. The molecule has 1 rings (SSSR count). The van der Waals surface area contributed by atoms with Crippen LogP contribution in [0.4, 0.5) is 5.69 Å². The minimum atomic E-state index is 0.111. The minimum absolute atomic E-state index is 0.111. The van der Waals surface area contributed by atoms with Crippen molar-refractivity contribution in [1.82, 2.24) is 4.90 Å². The summed E-state index contributed by atoms with van der Waals surface area (Å²) in [5.41, 5.74) is 2.84. The molecule has 3 nitrogen and oxygen atoms in total. The lowest BCUT2D eigenvalue weighted by molar-refractivity contribution is 0.0718. The van der Waals surface area contributed by atoms with Crippen LogP contribution < -0.4 is 5.32 Å². The van der Waals surface area contributed by atoms with E-state index in [-0.39, 0.29) is 11.9 Å². The van der Waals surface area contributed by atoms with E-state index >= 15 is 0 Å². The summed E-state index contributed by atoms with van der Waals surface area (Å²) in [5, 5.41) is 3.34. The van der Waals surface area contributed by atoms with Gasteiger partial charge in [0, 0.05) is 24.8 Å². The lowest BCUT2D eigenvalue weighted by Crippen LogP contribution is -2.37. The standard InChI is InChI=1S/C16H26N2O/c1-6-10-17-15-9-8-13(5)11-14(15)16(19)18(7-2)12(3)4/h8-9,11-12,17H,6-7,10H2,1-5H3. The predicted molar refractivity (Wildman–Crippen MR) is 81.8 cm³/mol. The Kier molecular flexibility index (Phi) is 5.87. The summed E-state index contributed by atoms with van der Waals surface area (Å²) in [5.74, 6) is 0.111. The summed E-state index contributed by atoms with van der Waals surface area (Å²) in [6, 6.07) is 6.25. The molecule has 0 heterocycles. The zero-order valence-corrected chi connectivity index (χ0v) is 12.8. The summed E-state index contributed by atoms with van der Waals surface area (Å²) in [7, 11) is 0. The number of aryl methyl sites for hydroxylation is 1. The van der Waals surface area contributed by atoms with Gasteiger partial charge in [-0.05, 0) is 46.2 Å². The predicted octanol–water partition coefficient (Wildman–Crippen LogP) is 3.69. The van der Waals surface area contributed by atoms with Gasteiger partial charge in [-0.1, -0.05) is 18.6 Å². The Morgan fingerprint density at radius 2 is 2.00 bits per heavy atom. The number of hydrogen-bond donors (Lipinski definition) is 1. The van der Waals surface area contributed by atoms with Crippen molar-refractivity contribution in [1.29, 1.82) is 0 Å². The molecule has 0 unspecified atom stereocenters. The highest BCUT2D eigenvalue weighted by atomic mass is 16.2. The van der Waals surface area contributed by atoms with E-state index in [1.54, 1.807) is 0 Å². The van der Waals surface area contributed by atoms with Crippen LogP contribution in [0.1, 0.15) is 50.0 Å². The number of nitrogens with one attached hydrogen (secondary N) is 1. The zero-order chi connectivity index (χ0) is 14.4. The first-order valence-electron chi connectivity index (χ1n) is 7.16. The van der Waals surface area contributed by atoms with Gasteiger partial charge in [0.2, 0.25) is 0 Å². The Morgan fingerprint density at radius 3 is 2.53 bits per heavy atom. The molecule has 0 bridgehead atoms. The second-order valence-corrected chi connectivity index (χ2v) is 5.16.